The van der Waals surface area contributed by atoms with Gasteiger partial charge in [-0.2, -0.15) is 9.97 Å². The van der Waals surface area contributed by atoms with E-state index in [1.807, 2.05) is 0 Å². The molecule has 2 N–H and O–H groups in total. The number of piperazine rings is 1. The van der Waals surface area contributed by atoms with Crippen molar-refractivity contribution in [1.29, 1.82) is 0 Å². The lowest BCUT2D eigenvalue weighted by Gasteiger charge is -2.40. The molecule has 9 rings (SSSR count). The van der Waals surface area contributed by atoms with Crippen LogP contribution in [-0.2, 0) is 0 Å². The number of piperidine rings is 1. The molecule has 4 aromatic rings. The first-order chi connectivity index (χ1) is 23.3. The summed E-state index contributed by atoms with van der Waals surface area (Å²) >= 11 is 0. The number of likely N-dealkylation sites (tertiary alicyclic amines) is 1. The topological polar surface area (TPSA) is 95.9 Å². The van der Waals surface area contributed by atoms with Crippen LogP contribution in [0.1, 0.15) is 44.1 Å². The molecule has 0 radical (unpaired) electrons. The minimum atomic E-state index is -0.808. The summed E-state index contributed by atoms with van der Waals surface area (Å²) < 4.78 is 58.8. The second-order valence-electron chi connectivity index (χ2n) is 14.1. The largest absolute Gasteiger partial charge is 0.508 e. The monoisotopic (exact) mass is 656 g/mol. The summed E-state index contributed by atoms with van der Waals surface area (Å²) in [6.07, 6.45) is 10.3. The van der Waals surface area contributed by atoms with E-state index >= 15 is 4.39 Å². The van der Waals surface area contributed by atoms with Gasteiger partial charge in [-0.05, 0) is 68.7 Å². The summed E-state index contributed by atoms with van der Waals surface area (Å²) in [5, 5.41) is 15.3. The minimum absolute atomic E-state index is 0.0374. The molecule has 0 spiro atoms. The van der Waals surface area contributed by atoms with Crippen LogP contribution in [0.3, 0.4) is 0 Å². The number of fused-ring (bicyclic) bond motifs is 6. The molecule has 1 aliphatic carbocycles. The maximum atomic E-state index is 17.0. The van der Waals surface area contributed by atoms with Gasteiger partial charge in [-0.15, -0.1) is 6.42 Å². The summed E-state index contributed by atoms with van der Waals surface area (Å²) in [4.78, 5) is 18.5. The highest BCUT2D eigenvalue weighted by molar-refractivity contribution is 6.04. The fourth-order valence-corrected chi connectivity index (χ4v) is 8.27. The first kappa shape index (κ1) is 29.8. The Labute approximate surface area is 275 Å². The molecule has 0 unspecified atom stereocenters. The zero-order valence-corrected chi connectivity index (χ0v) is 26.3. The van der Waals surface area contributed by atoms with Crippen molar-refractivity contribution in [3.63, 3.8) is 0 Å². The number of hydrogen-bond donors (Lipinski definition) is 2. The molecule has 4 atom stereocenters. The highest BCUT2D eigenvalue weighted by atomic mass is 19.1. The number of aromatic hydroxyl groups is 1. The standard InChI is InChI=1S/C36H35F3N6O3/c1-2-23-25(38)7-5-19-12-22(46)13-24(28(19)23)31-30(39)32-29-33(45-15-21-6-8-26(40-21)27(45)16-47-34(29)41-31)43-35(42-32)48-18-36(9-10-36)17-44-11-3-4-20(37)14-44/h1,5,7,12-13,20-21,26-27,40,46H,3-4,6,8-11,14-18H2/t20-,21+,26-,27+/m0/s1. The Kier molecular flexibility index (Phi) is 6.89. The Morgan fingerprint density at radius 1 is 1.10 bits per heavy atom. The molecule has 0 amide bonds. The number of halogens is 3. The molecule has 2 bridgehead atoms. The summed E-state index contributed by atoms with van der Waals surface area (Å²) in [6.45, 7) is 3.30. The molecule has 4 aliphatic heterocycles. The zero-order chi connectivity index (χ0) is 32.7. The van der Waals surface area contributed by atoms with Crippen molar-refractivity contribution in [3.05, 3.63) is 41.5 Å². The fourth-order valence-electron chi connectivity index (χ4n) is 8.27. The van der Waals surface area contributed by atoms with E-state index in [4.69, 9.17) is 20.9 Å². The number of aromatic nitrogens is 3. The molecule has 12 heteroatoms. The van der Waals surface area contributed by atoms with E-state index in [2.05, 4.69) is 31.0 Å². The summed E-state index contributed by atoms with van der Waals surface area (Å²) in [6, 6.07) is 5.85. The van der Waals surface area contributed by atoms with Crippen LogP contribution in [-0.4, -0.2) is 88.6 Å². The number of pyridine rings is 1. The predicted molar refractivity (Wildman–Crippen MR) is 174 cm³/mol. The maximum Gasteiger partial charge on any atom is 0.319 e. The smallest absolute Gasteiger partial charge is 0.319 e. The first-order valence-electron chi connectivity index (χ1n) is 16.8. The van der Waals surface area contributed by atoms with E-state index in [9.17, 15) is 13.9 Å². The minimum Gasteiger partial charge on any atom is -0.508 e. The van der Waals surface area contributed by atoms with E-state index in [0.717, 1.165) is 45.2 Å². The van der Waals surface area contributed by atoms with Crippen molar-refractivity contribution in [2.24, 2.45) is 5.41 Å². The number of phenols is 1. The van der Waals surface area contributed by atoms with Gasteiger partial charge in [-0.1, -0.05) is 12.0 Å². The van der Waals surface area contributed by atoms with Crippen LogP contribution in [0.5, 0.6) is 17.6 Å². The number of terminal acetylenes is 1. The lowest BCUT2D eigenvalue weighted by Crippen LogP contribution is -2.60. The molecule has 9 nitrogen and oxygen atoms in total. The van der Waals surface area contributed by atoms with Crippen molar-refractivity contribution < 1.29 is 27.8 Å². The molecule has 4 fully saturated rings. The van der Waals surface area contributed by atoms with E-state index in [1.54, 1.807) is 0 Å². The van der Waals surface area contributed by atoms with Crippen LogP contribution < -0.4 is 19.7 Å². The van der Waals surface area contributed by atoms with Gasteiger partial charge in [-0.25, -0.2) is 18.2 Å². The third-order valence-corrected chi connectivity index (χ3v) is 10.9. The molecule has 2 aromatic heterocycles. The van der Waals surface area contributed by atoms with Crippen LogP contribution in [0.15, 0.2) is 24.3 Å². The van der Waals surface area contributed by atoms with Crippen LogP contribution in [0.4, 0.5) is 19.0 Å². The molecule has 48 heavy (non-hydrogen) atoms. The van der Waals surface area contributed by atoms with E-state index in [1.165, 1.54) is 24.3 Å². The van der Waals surface area contributed by atoms with Crippen LogP contribution in [0, 0.1) is 29.4 Å². The molecule has 6 heterocycles. The van der Waals surface area contributed by atoms with Crippen molar-refractivity contribution >= 4 is 27.5 Å². The SMILES string of the molecule is C#Cc1c(F)ccc2cc(O)cc(-c3nc4c5c(nc(OCC6(CN7CCC[C@H](F)C7)CC6)nc5c3F)N3C[C@H]5CC[C@H](N5)[C@H]3CO4)c12. The van der Waals surface area contributed by atoms with Crippen LogP contribution in [0.2, 0.25) is 0 Å². The van der Waals surface area contributed by atoms with E-state index in [-0.39, 0.29) is 75.5 Å². The maximum absolute atomic E-state index is 17.0. The van der Waals surface area contributed by atoms with Gasteiger partial charge in [0, 0.05) is 48.1 Å². The number of alkyl halides is 1. The second kappa shape index (κ2) is 11.1. The number of phenolic OH excluding ortho intramolecular Hbond substituents is 1. The quantitative estimate of drug-likeness (QED) is 0.275. The van der Waals surface area contributed by atoms with E-state index < -0.39 is 17.8 Å². The number of anilines is 1. The van der Waals surface area contributed by atoms with E-state index in [0.29, 0.717) is 42.7 Å². The van der Waals surface area contributed by atoms with Gasteiger partial charge in [0.05, 0.1) is 18.2 Å². The predicted octanol–water partition coefficient (Wildman–Crippen LogP) is 5.10. The van der Waals surface area contributed by atoms with Crippen molar-refractivity contribution in [3.8, 4) is 41.2 Å². The number of nitrogens with zero attached hydrogens (tertiary/aromatic N) is 5. The Hall–Kier alpha value is -4.34. The lowest BCUT2D eigenvalue weighted by atomic mass is 9.95. The summed E-state index contributed by atoms with van der Waals surface area (Å²) in [5.41, 5.74) is -0.304. The van der Waals surface area contributed by atoms with Crippen LogP contribution >= 0.6 is 0 Å². The highest BCUT2D eigenvalue weighted by Gasteiger charge is 2.47. The number of ether oxygens (including phenoxy) is 2. The Balaban J connectivity index is 1.18. The van der Waals surface area contributed by atoms with Gasteiger partial charge in [0.1, 0.15) is 46.8 Å². The third-order valence-electron chi connectivity index (χ3n) is 10.9. The van der Waals surface area contributed by atoms with Crippen molar-refractivity contribution in [1.82, 2.24) is 25.2 Å². The van der Waals surface area contributed by atoms with Gasteiger partial charge >= 0.3 is 6.01 Å². The molecular formula is C36H35F3N6O3. The number of benzene rings is 2. The molecule has 2 aromatic carbocycles. The van der Waals surface area contributed by atoms with Crippen LogP contribution in [0.25, 0.3) is 32.9 Å². The first-order valence-corrected chi connectivity index (χ1v) is 16.8. The number of rotatable bonds is 6. The fraction of sp³-hybridized carbons (Fsp3) is 0.472. The highest BCUT2D eigenvalue weighted by Crippen LogP contribution is 2.48. The molecule has 248 valence electrons. The van der Waals surface area contributed by atoms with Gasteiger partial charge in [0.15, 0.2) is 5.82 Å². The molecule has 5 aliphatic rings. The average molecular weight is 657 g/mol. The third kappa shape index (κ3) is 4.89. The van der Waals surface area contributed by atoms with Gasteiger partial charge in [-0.3, -0.25) is 4.90 Å². The molecular weight excluding hydrogens is 621 g/mol. The van der Waals surface area contributed by atoms with Gasteiger partial charge in [0.2, 0.25) is 5.88 Å². The normalized spacial score (nSPS) is 25.8. The Bertz CT molecular complexity index is 2020. The molecule has 3 saturated heterocycles. The molecule has 1 saturated carbocycles. The summed E-state index contributed by atoms with van der Waals surface area (Å²) in [5.74, 6) is 1.44. The zero-order valence-electron chi connectivity index (χ0n) is 26.3. The second-order valence-corrected chi connectivity index (χ2v) is 14.1. The van der Waals surface area contributed by atoms with Gasteiger partial charge in [0.25, 0.3) is 0 Å². The van der Waals surface area contributed by atoms with Crippen molar-refractivity contribution in [2.75, 3.05) is 44.3 Å². The number of nitrogens with one attached hydrogen (secondary N) is 1. The van der Waals surface area contributed by atoms with Crippen molar-refractivity contribution in [2.45, 2.75) is 62.8 Å². The summed E-state index contributed by atoms with van der Waals surface area (Å²) in [7, 11) is 0. The number of hydrogen-bond acceptors (Lipinski definition) is 9. The lowest BCUT2D eigenvalue weighted by molar-refractivity contribution is 0.0974. The Morgan fingerprint density at radius 2 is 1.98 bits per heavy atom. The van der Waals surface area contributed by atoms with Gasteiger partial charge < -0.3 is 24.8 Å². The average Bonchev–Trinajstić information content (AvgIpc) is 3.76. The Morgan fingerprint density at radius 3 is 2.79 bits per heavy atom.